The van der Waals surface area contributed by atoms with Crippen LogP contribution in [0.1, 0.15) is 20.8 Å². The smallest absolute Gasteiger partial charge is 0.313 e. The Morgan fingerprint density at radius 3 is 2.43 bits per heavy atom. The first-order valence-corrected chi connectivity index (χ1v) is 7.60. The number of nitrogens with one attached hydrogen (secondary N) is 2. The molecule has 0 aliphatic heterocycles. The molecule has 0 saturated heterocycles. The summed E-state index contributed by atoms with van der Waals surface area (Å²) in [5.74, 6) is -1.55. The monoisotopic (exact) mass is 314 g/mol. The van der Waals surface area contributed by atoms with Crippen LogP contribution in [-0.2, 0) is 9.59 Å². The van der Waals surface area contributed by atoms with E-state index in [4.69, 9.17) is 0 Å². The van der Waals surface area contributed by atoms with Crippen molar-refractivity contribution in [3.63, 3.8) is 0 Å². The average molecular weight is 314 g/mol. The van der Waals surface area contributed by atoms with E-state index in [-0.39, 0.29) is 12.5 Å². The van der Waals surface area contributed by atoms with Gasteiger partial charge in [0, 0.05) is 17.6 Å². The second-order valence-corrected chi connectivity index (χ2v) is 6.18. The molecule has 5 heteroatoms. The van der Waals surface area contributed by atoms with E-state index in [1.54, 1.807) is 13.0 Å². The van der Waals surface area contributed by atoms with Gasteiger partial charge in [-0.2, -0.15) is 0 Å². The molecule has 3 N–H and O–H groups in total. The van der Waals surface area contributed by atoms with Crippen LogP contribution in [0.4, 0.5) is 5.69 Å². The zero-order chi connectivity index (χ0) is 17.0. The molecule has 2 rings (SSSR count). The Kier molecular flexibility index (Phi) is 5.01. The van der Waals surface area contributed by atoms with Crippen LogP contribution in [0, 0.1) is 5.92 Å². The maximum Gasteiger partial charge on any atom is 0.313 e. The number of anilines is 1. The van der Waals surface area contributed by atoms with Gasteiger partial charge in [-0.25, -0.2) is 0 Å². The van der Waals surface area contributed by atoms with Crippen molar-refractivity contribution in [3.8, 4) is 0 Å². The van der Waals surface area contributed by atoms with Gasteiger partial charge in [-0.3, -0.25) is 9.59 Å². The van der Waals surface area contributed by atoms with Gasteiger partial charge in [0.05, 0.1) is 5.60 Å². The zero-order valence-electron chi connectivity index (χ0n) is 13.6. The fraction of sp³-hybridized carbons (Fsp3) is 0.333. The molecule has 0 aliphatic carbocycles. The minimum absolute atomic E-state index is 0.0203. The Bertz CT molecular complexity index is 718. The third-order valence-electron chi connectivity index (χ3n) is 4.09. The van der Waals surface area contributed by atoms with Crippen LogP contribution in [0.3, 0.4) is 0 Å². The highest BCUT2D eigenvalue weighted by atomic mass is 16.3. The molecule has 1 unspecified atom stereocenters. The second kappa shape index (κ2) is 6.79. The maximum absolute atomic E-state index is 12.0. The number of aliphatic hydroxyl groups is 1. The van der Waals surface area contributed by atoms with Crippen LogP contribution >= 0.6 is 0 Å². The van der Waals surface area contributed by atoms with Crippen molar-refractivity contribution >= 4 is 28.3 Å². The Labute approximate surface area is 135 Å². The summed E-state index contributed by atoms with van der Waals surface area (Å²) in [5.41, 5.74) is -0.478. The second-order valence-electron chi connectivity index (χ2n) is 6.18. The van der Waals surface area contributed by atoms with Crippen molar-refractivity contribution in [2.24, 2.45) is 5.92 Å². The Morgan fingerprint density at radius 1 is 1.09 bits per heavy atom. The highest BCUT2D eigenvalue weighted by Crippen LogP contribution is 2.22. The summed E-state index contributed by atoms with van der Waals surface area (Å²) in [7, 11) is 0. The van der Waals surface area contributed by atoms with Crippen LogP contribution in [0.5, 0.6) is 0 Å². The number of carbonyl (C=O) groups is 2. The lowest BCUT2D eigenvalue weighted by molar-refractivity contribution is -0.137. The lowest BCUT2D eigenvalue weighted by atomic mass is 9.92. The normalized spacial score (nSPS) is 13.6. The van der Waals surface area contributed by atoms with Gasteiger partial charge < -0.3 is 15.7 Å². The number of hydrogen-bond donors (Lipinski definition) is 3. The topological polar surface area (TPSA) is 78.4 Å². The highest BCUT2D eigenvalue weighted by Gasteiger charge is 2.26. The molecule has 0 saturated carbocycles. The summed E-state index contributed by atoms with van der Waals surface area (Å²) in [6.07, 6.45) is 0. The molecule has 0 aliphatic rings. The number of carbonyl (C=O) groups excluding carboxylic acids is 2. The van der Waals surface area contributed by atoms with Gasteiger partial charge in [0.15, 0.2) is 0 Å². The Balaban J connectivity index is 2.05. The number of fused-ring (bicyclic) bond motifs is 1. The van der Waals surface area contributed by atoms with E-state index in [2.05, 4.69) is 10.6 Å². The summed E-state index contributed by atoms with van der Waals surface area (Å²) in [6, 6.07) is 13.1. The molecule has 0 bridgehead atoms. The van der Waals surface area contributed by atoms with Crippen molar-refractivity contribution in [2.45, 2.75) is 26.4 Å². The predicted molar refractivity (Wildman–Crippen MR) is 91.0 cm³/mol. The van der Waals surface area contributed by atoms with Crippen LogP contribution in [-0.4, -0.2) is 29.1 Å². The van der Waals surface area contributed by atoms with Gasteiger partial charge in [0.1, 0.15) is 0 Å². The molecule has 1 atom stereocenters. The van der Waals surface area contributed by atoms with Crippen LogP contribution in [0.15, 0.2) is 42.5 Å². The van der Waals surface area contributed by atoms with Gasteiger partial charge in [-0.1, -0.05) is 50.2 Å². The van der Waals surface area contributed by atoms with Crippen molar-refractivity contribution in [1.29, 1.82) is 0 Å². The van der Waals surface area contributed by atoms with Gasteiger partial charge in [0.2, 0.25) is 0 Å². The minimum Gasteiger partial charge on any atom is -0.388 e. The third kappa shape index (κ3) is 4.07. The van der Waals surface area contributed by atoms with E-state index in [1.165, 1.54) is 0 Å². The van der Waals surface area contributed by atoms with Crippen LogP contribution in [0.25, 0.3) is 10.8 Å². The molecule has 0 radical (unpaired) electrons. The van der Waals surface area contributed by atoms with Gasteiger partial charge in [-0.05, 0) is 24.3 Å². The molecule has 23 heavy (non-hydrogen) atoms. The lowest BCUT2D eigenvalue weighted by Gasteiger charge is -2.27. The average Bonchev–Trinajstić information content (AvgIpc) is 2.52. The molecule has 0 aromatic heterocycles. The van der Waals surface area contributed by atoms with Crippen molar-refractivity contribution in [2.75, 3.05) is 11.9 Å². The zero-order valence-corrected chi connectivity index (χ0v) is 13.6. The molecule has 2 aromatic rings. The van der Waals surface area contributed by atoms with E-state index in [9.17, 15) is 14.7 Å². The van der Waals surface area contributed by atoms with E-state index < -0.39 is 17.4 Å². The largest absolute Gasteiger partial charge is 0.388 e. The fourth-order valence-corrected chi connectivity index (χ4v) is 2.06. The number of benzene rings is 2. The maximum atomic E-state index is 12.0. The van der Waals surface area contributed by atoms with Crippen molar-refractivity contribution in [1.82, 2.24) is 5.32 Å². The van der Waals surface area contributed by atoms with E-state index in [0.29, 0.717) is 5.69 Å². The SMILES string of the molecule is CC(C)C(C)(O)CNC(=O)C(=O)Nc1cccc2ccccc12. The molecule has 0 heterocycles. The predicted octanol–water partition coefficient (Wildman–Crippen LogP) is 2.30. The van der Waals surface area contributed by atoms with E-state index in [0.717, 1.165) is 10.8 Å². The van der Waals surface area contributed by atoms with Gasteiger partial charge >= 0.3 is 11.8 Å². The van der Waals surface area contributed by atoms with E-state index in [1.807, 2.05) is 50.2 Å². The summed E-state index contributed by atoms with van der Waals surface area (Å²) in [6.45, 7) is 5.34. The number of amides is 2. The first-order chi connectivity index (χ1) is 10.8. The molecule has 5 nitrogen and oxygen atoms in total. The van der Waals surface area contributed by atoms with E-state index >= 15 is 0 Å². The molecule has 2 aromatic carbocycles. The van der Waals surface area contributed by atoms with Crippen LogP contribution < -0.4 is 10.6 Å². The lowest BCUT2D eigenvalue weighted by Crippen LogP contribution is -2.47. The molecule has 122 valence electrons. The number of hydrogen-bond acceptors (Lipinski definition) is 3. The molecule has 2 amide bonds. The summed E-state index contributed by atoms with van der Waals surface area (Å²) < 4.78 is 0. The Hall–Kier alpha value is -2.40. The summed E-state index contributed by atoms with van der Waals surface area (Å²) in [5, 5.41) is 17.0. The quantitative estimate of drug-likeness (QED) is 0.758. The van der Waals surface area contributed by atoms with Gasteiger partial charge in [0.25, 0.3) is 0 Å². The van der Waals surface area contributed by atoms with Crippen molar-refractivity contribution in [3.05, 3.63) is 42.5 Å². The third-order valence-corrected chi connectivity index (χ3v) is 4.09. The minimum atomic E-state index is -1.06. The highest BCUT2D eigenvalue weighted by molar-refractivity contribution is 6.40. The first kappa shape index (κ1) is 17.0. The molecule has 0 spiro atoms. The van der Waals surface area contributed by atoms with Gasteiger partial charge in [-0.15, -0.1) is 0 Å². The summed E-state index contributed by atoms with van der Waals surface area (Å²) in [4.78, 5) is 24.0. The first-order valence-electron chi connectivity index (χ1n) is 7.60. The Morgan fingerprint density at radius 2 is 1.74 bits per heavy atom. The standard InChI is InChI=1S/C18H22N2O3/c1-12(2)18(3,23)11-19-16(21)17(22)20-15-10-6-8-13-7-4-5-9-14(13)15/h4-10,12,23H,11H2,1-3H3,(H,19,21)(H,20,22). The molecule has 0 fully saturated rings. The molecular formula is C18H22N2O3. The summed E-state index contributed by atoms with van der Waals surface area (Å²) >= 11 is 0. The molecular weight excluding hydrogens is 292 g/mol. The van der Waals surface area contributed by atoms with Crippen molar-refractivity contribution < 1.29 is 14.7 Å². The number of rotatable bonds is 4. The fourth-order valence-electron chi connectivity index (χ4n) is 2.06. The van der Waals surface area contributed by atoms with Crippen LogP contribution in [0.2, 0.25) is 0 Å².